The summed E-state index contributed by atoms with van der Waals surface area (Å²) in [6, 6.07) is 16.5. The molecule has 0 fully saturated rings. The fourth-order valence-electron chi connectivity index (χ4n) is 2.47. The summed E-state index contributed by atoms with van der Waals surface area (Å²) < 4.78 is 2.18. The van der Waals surface area contributed by atoms with Crippen LogP contribution in [-0.4, -0.2) is 9.55 Å². The molecule has 0 atom stereocenters. The van der Waals surface area contributed by atoms with E-state index in [1.807, 2.05) is 31.2 Å². The van der Waals surface area contributed by atoms with Crippen LogP contribution in [0.3, 0.4) is 0 Å². The minimum atomic E-state index is 0.759. The van der Waals surface area contributed by atoms with Crippen LogP contribution < -0.4 is 5.73 Å². The minimum absolute atomic E-state index is 0.759. The zero-order chi connectivity index (χ0) is 14.8. The third-order valence-corrected chi connectivity index (χ3v) is 3.52. The van der Waals surface area contributed by atoms with Gasteiger partial charge in [0.15, 0.2) is 0 Å². The van der Waals surface area contributed by atoms with E-state index in [1.54, 1.807) is 0 Å². The average molecular weight is 277 g/mol. The molecule has 0 saturated carbocycles. The Kier molecular flexibility index (Phi) is 3.48. The molecule has 0 aliphatic carbocycles. The summed E-state index contributed by atoms with van der Waals surface area (Å²) in [6.07, 6.45) is 2.08. The van der Waals surface area contributed by atoms with Gasteiger partial charge in [0.25, 0.3) is 0 Å². The lowest BCUT2D eigenvalue weighted by Gasteiger charge is -2.09. The molecule has 3 aromatic rings. The van der Waals surface area contributed by atoms with Gasteiger partial charge in [-0.05, 0) is 31.5 Å². The zero-order valence-corrected chi connectivity index (χ0v) is 12.4. The number of nitrogen functional groups attached to an aromatic ring is 1. The van der Waals surface area contributed by atoms with Crippen molar-refractivity contribution in [2.75, 3.05) is 5.73 Å². The fourth-order valence-corrected chi connectivity index (χ4v) is 2.47. The van der Waals surface area contributed by atoms with E-state index in [4.69, 9.17) is 5.73 Å². The molecule has 2 N–H and O–H groups in total. The average Bonchev–Trinajstić information content (AvgIpc) is 2.82. The van der Waals surface area contributed by atoms with Crippen molar-refractivity contribution in [1.82, 2.24) is 9.55 Å². The van der Waals surface area contributed by atoms with E-state index in [0.29, 0.717) is 0 Å². The van der Waals surface area contributed by atoms with E-state index in [0.717, 1.165) is 29.3 Å². The number of benzene rings is 2. The number of aryl methyl sites for hydroxylation is 2. The Morgan fingerprint density at radius 2 is 1.81 bits per heavy atom. The lowest BCUT2D eigenvalue weighted by atomic mass is 10.1. The van der Waals surface area contributed by atoms with Crippen LogP contribution in [0.4, 0.5) is 5.69 Å². The van der Waals surface area contributed by atoms with Crippen molar-refractivity contribution in [2.24, 2.45) is 0 Å². The number of hydrogen-bond donors (Lipinski definition) is 1. The maximum atomic E-state index is 5.88. The van der Waals surface area contributed by atoms with Gasteiger partial charge in [0.05, 0.1) is 5.69 Å². The van der Waals surface area contributed by atoms with Crippen molar-refractivity contribution in [3.05, 3.63) is 71.5 Å². The third kappa shape index (κ3) is 2.97. The van der Waals surface area contributed by atoms with Gasteiger partial charge in [0.1, 0.15) is 5.82 Å². The van der Waals surface area contributed by atoms with Crippen LogP contribution in [0, 0.1) is 13.8 Å². The van der Waals surface area contributed by atoms with E-state index < -0.39 is 0 Å². The predicted octanol–water partition coefficient (Wildman–Crippen LogP) is 3.80. The van der Waals surface area contributed by atoms with Crippen molar-refractivity contribution in [3.8, 4) is 11.4 Å². The molecular weight excluding hydrogens is 258 g/mol. The second-order valence-corrected chi connectivity index (χ2v) is 5.44. The molecule has 0 amide bonds. The Bertz CT molecular complexity index is 754. The molecule has 1 aromatic heterocycles. The summed E-state index contributed by atoms with van der Waals surface area (Å²) in [6.45, 7) is 4.93. The van der Waals surface area contributed by atoms with Crippen LogP contribution in [0.2, 0.25) is 0 Å². The molecule has 1 heterocycles. The Balaban J connectivity index is 1.98. The van der Waals surface area contributed by atoms with Gasteiger partial charge >= 0.3 is 0 Å². The molecule has 3 heteroatoms. The number of anilines is 1. The van der Waals surface area contributed by atoms with Gasteiger partial charge < -0.3 is 10.3 Å². The normalized spacial score (nSPS) is 10.8. The molecule has 3 rings (SSSR count). The first-order valence-electron chi connectivity index (χ1n) is 7.07. The molecule has 2 aromatic carbocycles. The Morgan fingerprint density at radius 3 is 2.52 bits per heavy atom. The number of nitrogens with zero attached hydrogens (tertiary/aromatic N) is 2. The Morgan fingerprint density at radius 1 is 1.05 bits per heavy atom. The summed E-state index contributed by atoms with van der Waals surface area (Å²) in [5.74, 6) is 0.959. The summed E-state index contributed by atoms with van der Waals surface area (Å²) >= 11 is 0. The number of nitrogens with two attached hydrogens (primary N) is 1. The second-order valence-electron chi connectivity index (χ2n) is 5.44. The molecular formula is C18H19N3. The molecule has 106 valence electrons. The first kappa shape index (κ1) is 13.4. The molecule has 0 aliphatic heterocycles. The van der Waals surface area contributed by atoms with E-state index in [9.17, 15) is 0 Å². The highest BCUT2D eigenvalue weighted by Crippen LogP contribution is 2.22. The van der Waals surface area contributed by atoms with Crippen molar-refractivity contribution < 1.29 is 0 Å². The van der Waals surface area contributed by atoms with Crippen molar-refractivity contribution in [2.45, 2.75) is 20.4 Å². The first-order valence-corrected chi connectivity index (χ1v) is 7.07. The van der Waals surface area contributed by atoms with E-state index in [2.05, 4.69) is 46.9 Å². The van der Waals surface area contributed by atoms with Crippen LogP contribution >= 0.6 is 0 Å². The number of rotatable bonds is 3. The standard InChI is InChI=1S/C18H19N3/c1-13-6-8-15(9-7-13)12-21-11-14(2)20-18(21)16-4-3-5-17(19)10-16/h3-11H,12,19H2,1-2H3. The smallest absolute Gasteiger partial charge is 0.140 e. The van der Waals surface area contributed by atoms with Crippen LogP contribution in [0.25, 0.3) is 11.4 Å². The topological polar surface area (TPSA) is 43.8 Å². The molecule has 0 aliphatic rings. The molecule has 21 heavy (non-hydrogen) atoms. The highest BCUT2D eigenvalue weighted by Gasteiger charge is 2.09. The lowest BCUT2D eigenvalue weighted by Crippen LogP contribution is -2.01. The largest absolute Gasteiger partial charge is 0.399 e. The van der Waals surface area contributed by atoms with Crippen LogP contribution in [-0.2, 0) is 6.54 Å². The van der Waals surface area contributed by atoms with Crippen LogP contribution in [0.5, 0.6) is 0 Å². The van der Waals surface area contributed by atoms with Crippen LogP contribution in [0.1, 0.15) is 16.8 Å². The third-order valence-electron chi connectivity index (χ3n) is 3.52. The van der Waals surface area contributed by atoms with Crippen molar-refractivity contribution in [1.29, 1.82) is 0 Å². The van der Waals surface area contributed by atoms with Gasteiger partial charge in [0.2, 0.25) is 0 Å². The molecule has 3 nitrogen and oxygen atoms in total. The summed E-state index contributed by atoms with van der Waals surface area (Å²) in [7, 11) is 0. The van der Waals surface area contributed by atoms with Crippen LogP contribution in [0.15, 0.2) is 54.7 Å². The highest BCUT2D eigenvalue weighted by atomic mass is 15.1. The number of hydrogen-bond acceptors (Lipinski definition) is 2. The predicted molar refractivity (Wildman–Crippen MR) is 87.1 cm³/mol. The molecule has 0 spiro atoms. The first-order chi connectivity index (χ1) is 10.1. The lowest BCUT2D eigenvalue weighted by molar-refractivity contribution is 0.806. The van der Waals surface area contributed by atoms with Gasteiger partial charge in [-0.2, -0.15) is 0 Å². The SMILES string of the molecule is Cc1ccc(Cn2cc(C)nc2-c2cccc(N)c2)cc1. The van der Waals surface area contributed by atoms with E-state index >= 15 is 0 Å². The number of aromatic nitrogens is 2. The Hall–Kier alpha value is -2.55. The molecule has 0 bridgehead atoms. The Labute approximate surface area is 125 Å². The summed E-state index contributed by atoms with van der Waals surface area (Å²) in [4.78, 5) is 4.64. The molecule has 0 radical (unpaired) electrons. The summed E-state index contributed by atoms with van der Waals surface area (Å²) in [5.41, 5.74) is 11.3. The van der Waals surface area contributed by atoms with Gasteiger partial charge in [-0.25, -0.2) is 4.98 Å². The van der Waals surface area contributed by atoms with E-state index in [1.165, 1.54) is 11.1 Å². The molecule has 0 unspecified atom stereocenters. The molecule has 0 saturated heterocycles. The van der Waals surface area contributed by atoms with Crippen molar-refractivity contribution in [3.63, 3.8) is 0 Å². The second kappa shape index (κ2) is 5.44. The van der Waals surface area contributed by atoms with Gasteiger partial charge in [-0.3, -0.25) is 0 Å². The number of imidazole rings is 1. The van der Waals surface area contributed by atoms with E-state index in [-0.39, 0.29) is 0 Å². The quantitative estimate of drug-likeness (QED) is 0.740. The minimum Gasteiger partial charge on any atom is -0.399 e. The van der Waals surface area contributed by atoms with Gasteiger partial charge in [-0.1, -0.05) is 42.0 Å². The zero-order valence-electron chi connectivity index (χ0n) is 12.4. The monoisotopic (exact) mass is 277 g/mol. The maximum absolute atomic E-state index is 5.88. The highest BCUT2D eigenvalue weighted by molar-refractivity contribution is 5.61. The van der Waals surface area contributed by atoms with Gasteiger partial charge in [0, 0.05) is 24.0 Å². The van der Waals surface area contributed by atoms with Gasteiger partial charge in [-0.15, -0.1) is 0 Å². The fraction of sp³-hybridized carbons (Fsp3) is 0.167. The maximum Gasteiger partial charge on any atom is 0.140 e. The van der Waals surface area contributed by atoms with Crippen molar-refractivity contribution >= 4 is 5.69 Å². The summed E-state index contributed by atoms with van der Waals surface area (Å²) in [5, 5.41) is 0.